The molecule has 34 heavy (non-hydrogen) atoms. The van der Waals surface area contributed by atoms with Crippen LogP contribution in [0.2, 0.25) is 0 Å². The second kappa shape index (κ2) is 11.1. The van der Waals surface area contributed by atoms with Gasteiger partial charge >= 0.3 is 6.18 Å². The number of aliphatic imine (C=N–C) groups is 1. The zero-order valence-electron chi connectivity index (χ0n) is 18.5. The Morgan fingerprint density at radius 2 is 1.79 bits per heavy atom. The van der Waals surface area contributed by atoms with Crippen molar-refractivity contribution < 1.29 is 18.0 Å². The van der Waals surface area contributed by atoms with E-state index in [0.717, 1.165) is 17.2 Å². The minimum atomic E-state index is -4.48. The maximum Gasteiger partial charge on any atom is 0.416 e. The van der Waals surface area contributed by atoms with Crippen LogP contribution in [0, 0.1) is 0 Å². The monoisotopic (exact) mass is 486 g/mol. The number of nitrogens with one attached hydrogen (secondary N) is 1. The fraction of sp³-hybridized carbons (Fsp3) is 0.200. The van der Waals surface area contributed by atoms with Crippen molar-refractivity contribution in [3.8, 4) is 0 Å². The summed E-state index contributed by atoms with van der Waals surface area (Å²) in [5.74, 6) is -0.412. The van der Waals surface area contributed by atoms with Crippen LogP contribution < -0.4 is 16.8 Å². The van der Waals surface area contributed by atoms with E-state index in [4.69, 9.17) is 11.5 Å². The van der Waals surface area contributed by atoms with Gasteiger partial charge in [-0.2, -0.15) is 13.2 Å². The topological polar surface area (TPSA) is 93.5 Å². The van der Waals surface area contributed by atoms with E-state index in [0.29, 0.717) is 16.2 Å². The van der Waals surface area contributed by atoms with Crippen LogP contribution in [-0.2, 0) is 12.6 Å². The number of amides is 1. The summed E-state index contributed by atoms with van der Waals surface area (Å²) in [6, 6.07) is 15.8. The van der Waals surface area contributed by atoms with Crippen molar-refractivity contribution in [1.82, 2.24) is 5.32 Å². The lowest BCUT2D eigenvalue weighted by atomic mass is 9.98. The van der Waals surface area contributed by atoms with Crippen LogP contribution in [0.15, 0.2) is 77.2 Å². The van der Waals surface area contributed by atoms with Gasteiger partial charge in [0.2, 0.25) is 0 Å². The molecule has 9 heteroatoms. The number of carbonyl (C=O) groups excluding carboxylic acids is 1. The highest BCUT2D eigenvalue weighted by molar-refractivity contribution is 7.12. The first kappa shape index (κ1) is 25.2. The van der Waals surface area contributed by atoms with E-state index >= 15 is 0 Å². The minimum absolute atomic E-state index is 0.00804. The summed E-state index contributed by atoms with van der Waals surface area (Å²) >= 11 is 1.21. The second-order valence-electron chi connectivity index (χ2n) is 7.48. The molecule has 1 aromatic heterocycles. The molecule has 1 amide bonds. The van der Waals surface area contributed by atoms with Crippen LogP contribution in [0.25, 0.3) is 5.57 Å². The van der Waals surface area contributed by atoms with E-state index in [1.54, 1.807) is 18.5 Å². The average molecular weight is 487 g/mol. The van der Waals surface area contributed by atoms with Gasteiger partial charge in [0.1, 0.15) is 0 Å². The molecule has 0 bridgehead atoms. The Balaban J connectivity index is 1.77. The summed E-state index contributed by atoms with van der Waals surface area (Å²) in [5, 5.41) is 4.55. The zero-order valence-corrected chi connectivity index (χ0v) is 19.3. The van der Waals surface area contributed by atoms with Gasteiger partial charge in [-0.3, -0.25) is 9.79 Å². The summed E-state index contributed by atoms with van der Waals surface area (Å²) in [7, 11) is 1.64. The first-order valence-corrected chi connectivity index (χ1v) is 11.4. The van der Waals surface area contributed by atoms with E-state index in [9.17, 15) is 18.0 Å². The Hall–Kier alpha value is -3.43. The Morgan fingerprint density at radius 3 is 2.41 bits per heavy atom. The van der Waals surface area contributed by atoms with Gasteiger partial charge in [0.05, 0.1) is 16.2 Å². The van der Waals surface area contributed by atoms with Crippen molar-refractivity contribution >= 4 is 28.5 Å². The molecule has 0 saturated heterocycles. The molecular formula is C25H25F3N4OS. The van der Waals surface area contributed by atoms with E-state index in [2.05, 4.69) is 10.3 Å². The van der Waals surface area contributed by atoms with Crippen molar-refractivity contribution in [2.24, 2.45) is 16.5 Å². The Bertz CT molecular complexity index is 1190. The van der Waals surface area contributed by atoms with Gasteiger partial charge in [0, 0.05) is 42.4 Å². The van der Waals surface area contributed by atoms with Gasteiger partial charge in [-0.15, -0.1) is 11.3 Å². The number of thiophene rings is 1. The molecule has 0 spiro atoms. The fourth-order valence-electron chi connectivity index (χ4n) is 3.60. The van der Waals surface area contributed by atoms with Crippen LogP contribution in [0.4, 0.5) is 13.2 Å². The lowest BCUT2D eigenvalue weighted by Crippen LogP contribution is -2.41. The molecule has 1 atom stereocenters. The maximum absolute atomic E-state index is 13.3. The first-order valence-electron chi connectivity index (χ1n) is 10.5. The molecule has 0 aliphatic heterocycles. The molecular weight excluding hydrogens is 461 g/mol. The Labute approximate surface area is 200 Å². The van der Waals surface area contributed by atoms with Gasteiger partial charge in [-0.25, -0.2) is 0 Å². The third-order valence-corrected chi connectivity index (χ3v) is 6.16. The molecule has 5 N–H and O–H groups in total. The van der Waals surface area contributed by atoms with Crippen molar-refractivity contribution in [3.05, 3.63) is 99.4 Å². The summed E-state index contributed by atoms with van der Waals surface area (Å²) in [6.45, 7) is -0.00804. The normalized spacial score (nSPS) is 13.6. The number of hydrogen-bond acceptors (Lipinski definition) is 5. The first-order chi connectivity index (χ1) is 16.3. The van der Waals surface area contributed by atoms with Gasteiger partial charge in [0.25, 0.3) is 5.91 Å². The SMILES string of the molecule is CN=C(C(=CN)c1ccccc1)c1csc(C(=O)NC(CN)Cc2ccccc2C(F)(F)F)c1. The maximum atomic E-state index is 13.3. The highest BCUT2D eigenvalue weighted by Crippen LogP contribution is 2.32. The summed E-state index contributed by atoms with van der Waals surface area (Å²) in [5.41, 5.74) is 13.9. The van der Waals surface area contributed by atoms with Crippen molar-refractivity contribution in [2.45, 2.75) is 18.6 Å². The van der Waals surface area contributed by atoms with Gasteiger partial charge in [-0.05, 0) is 29.7 Å². The zero-order chi connectivity index (χ0) is 24.7. The molecule has 178 valence electrons. The molecule has 2 aromatic carbocycles. The number of nitrogens with zero attached hydrogens (tertiary/aromatic N) is 1. The highest BCUT2D eigenvalue weighted by atomic mass is 32.1. The van der Waals surface area contributed by atoms with E-state index in [1.807, 2.05) is 30.3 Å². The van der Waals surface area contributed by atoms with Crippen molar-refractivity contribution in [1.29, 1.82) is 0 Å². The number of alkyl halides is 3. The molecule has 1 heterocycles. The quantitative estimate of drug-likeness (QED) is 0.410. The molecule has 0 radical (unpaired) electrons. The van der Waals surface area contributed by atoms with Crippen LogP contribution in [0.5, 0.6) is 0 Å². The average Bonchev–Trinajstić information content (AvgIpc) is 3.32. The number of halogens is 3. The van der Waals surface area contributed by atoms with Gasteiger partial charge < -0.3 is 16.8 Å². The van der Waals surface area contributed by atoms with Gasteiger partial charge in [0.15, 0.2) is 0 Å². The molecule has 0 fully saturated rings. The Morgan fingerprint density at radius 1 is 1.12 bits per heavy atom. The van der Waals surface area contributed by atoms with Crippen LogP contribution >= 0.6 is 11.3 Å². The second-order valence-corrected chi connectivity index (χ2v) is 8.39. The molecule has 1 unspecified atom stereocenters. The molecule has 0 aliphatic carbocycles. The summed E-state index contributed by atoms with van der Waals surface area (Å²) in [4.78, 5) is 17.6. The summed E-state index contributed by atoms with van der Waals surface area (Å²) in [6.07, 6.45) is -3.05. The predicted molar refractivity (Wildman–Crippen MR) is 131 cm³/mol. The standard InChI is InChI=1S/C25H25F3N4OS/c1-31-23(20(14-30)16-7-3-2-4-8-16)18-12-22(34-15-18)24(33)32-19(13-29)11-17-9-5-6-10-21(17)25(26,27)28/h2-10,12,14-15,19H,11,13,29-30H2,1H3,(H,32,33). The molecule has 0 saturated carbocycles. The number of nitrogens with two attached hydrogens (primary N) is 2. The lowest BCUT2D eigenvalue weighted by Gasteiger charge is -2.19. The molecule has 0 aliphatic rings. The number of rotatable bonds is 8. The molecule has 3 aromatic rings. The Kier molecular flexibility index (Phi) is 8.25. The number of benzene rings is 2. The third kappa shape index (κ3) is 5.92. The summed E-state index contributed by atoms with van der Waals surface area (Å²) < 4.78 is 40.0. The van der Waals surface area contributed by atoms with Crippen molar-refractivity contribution in [3.63, 3.8) is 0 Å². The lowest BCUT2D eigenvalue weighted by molar-refractivity contribution is -0.138. The van der Waals surface area contributed by atoms with Crippen LogP contribution in [0.3, 0.4) is 0 Å². The third-order valence-electron chi connectivity index (χ3n) is 5.24. The fourth-order valence-corrected chi connectivity index (χ4v) is 4.40. The molecule has 3 rings (SSSR count). The highest BCUT2D eigenvalue weighted by Gasteiger charge is 2.33. The minimum Gasteiger partial charge on any atom is -0.404 e. The van der Waals surface area contributed by atoms with Crippen LogP contribution in [0.1, 0.15) is 31.9 Å². The van der Waals surface area contributed by atoms with Crippen LogP contribution in [-0.4, -0.2) is 31.3 Å². The van der Waals surface area contributed by atoms with E-state index in [1.165, 1.54) is 35.7 Å². The van der Waals surface area contributed by atoms with E-state index < -0.39 is 23.7 Å². The number of hydrogen-bond donors (Lipinski definition) is 3. The number of carbonyl (C=O) groups is 1. The number of allylic oxidation sites excluding steroid dienone is 1. The molecule has 5 nitrogen and oxygen atoms in total. The largest absolute Gasteiger partial charge is 0.416 e. The van der Waals surface area contributed by atoms with Crippen molar-refractivity contribution in [2.75, 3.05) is 13.6 Å². The van der Waals surface area contributed by atoms with E-state index in [-0.39, 0.29) is 18.5 Å². The predicted octanol–water partition coefficient (Wildman–Crippen LogP) is 4.49. The smallest absolute Gasteiger partial charge is 0.404 e. The van der Waals surface area contributed by atoms with Gasteiger partial charge in [-0.1, -0.05) is 48.5 Å².